The number of aryl methyl sites for hydroxylation is 1. The summed E-state index contributed by atoms with van der Waals surface area (Å²) >= 11 is 4.83. The molecule has 0 bridgehead atoms. The minimum Gasteiger partial charge on any atom is -0.240 e. The van der Waals surface area contributed by atoms with Crippen LogP contribution in [-0.2, 0) is 0 Å². The highest BCUT2D eigenvalue weighted by Gasteiger charge is 2.13. The molecule has 0 unspecified atom stereocenters. The van der Waals surface area contributed by atoms with E-state index >= 15 is 0 Å². The van der Waals surface area contributed by atoms with Crippen LogP contribution in [0.1, 0.15) is 16.1 Å². The monoisotopic (exact) mass is 277 g/mol. The Morgan fingerprint density at radius 1 is 1.40 bits per heavy atom. The Morgan fingerprint density at radius 2 is 2.13 bits per heavy atom. The topological polar surface area (TPSA) is 60.5 Å². The van der Waals surface area contributed by atoms with Crippen LogP contribution >= 0.6 is 27.3 Å². The normalized spacial score (nSPS) is 9.87. The first-order valence-corrected chi connectivity index (χ1v) is 5.68. The first kappa shape index (κ1) is 10.1. The van der Waals surface area contributed by atoms with Gasteiger partial charge in [0, 0.05) is 0 Å². The van der Waals surface area contributed by atoms with E-state index in [9.17, 15) is 0 Å². The van der Waals surface area contributed by atoms with Crippen molar-refractivity contribution in [3.05, 3.63) is 26.7 Å². The summed E-state index contributed by atoms with van der Waals surface area (Å²) in [6.45, 7) is 1.90. The number of halogens is 1. The quantitative estimate of drug-likeness (QED) is 0.743. The number of benzene rings is 1. The van der Waals surface area contributed by atoms with Crippen molar-refractivity contribution in [1.29, 1.82) is 10.5 Å². The van der Waals surface area contributed by atoms with Crippen molar-refractivity contribution in [2.45, 2.75) is 6.92 Å². The summed E-state index contributed by atoms with van der Waals surface area (Å²) in [6, 6.07) is 5.74. The summed E-state index contributed by atoms with van der Waals surface area (Å²) in [5, 5.41) is 18.8. The molecule has 0 saturated heterocycles. The van der Waals surface area contributed by atoms with Gasteiger partial charge in [-0.1, -0.05) is 0 Å². The highest BCUT2D eigenvalue weighted by atomic mass is 79.9. The van der Waals surface area contributed by atoms with E-state index in [1.165, 1.54) is 11.3 Å². The maximum atomic E-state index is 8.94. The van der Waals surface area contributed by atoms with Gasteiger partial charge in [0.1, 0.15) is 12.1 Å². The smallest absolute Gasteiger partial charge is 0.102 e. The zero-order valence-electron chi connectivity index (χ0n) is 7.71. The summed E-state index contributed by atoms with van der Waals surface area (Å²) in [6.07, 6.45) is 0. The predicted molar refractivity (Wildman–Crippen MR) is 61.5 cm³/mol. The Bertz CT molecular complexity index is 631. The second-order valence-electron chi connectivity index (χ2n) is 2.92. The molecule has 2 rings (SSSR count). The second-order valence-corrected chi connectivity index (χ2v) is 4.94. The third kappa shape index (κ3) is 1.50. The maximum absolute atomic E-state index is 8.94. The van der Waals surface area contributed by atoms with Crippen LogP contribution in [0.3, 0.4) is 0 Å². The fourth-order valence-corrected chi connectivity index (χ4v) is 2.95. The van der Waals surface area contributed by atoms with E-state index in [1.54, 1.807) is 6.07 Å². The van der Waals surface area contributed by atoms with Gasteiger partial charge >= 0.3 is 0 Å². The number of hydrogen-bond donors (Lipinski definition) is 0. The Morgan fingerprint density at radius 3 is 2.73 bits per heavy atom. The zero-order chi connectivity index (χ0) is 11.0. The van der Waals surface area contributed by atoms with Gasteiger partial charge in [0.25, 0.3) is 0 Å². The van der Waals surface area contributed by atoms with E-state index < -0.39 is 0 Å². The summed E-state index contributed by atoms with van der Waals surface area (Å²) < 4.78 is 1.54. The fourth-order valence-electron chi connectivity index (χ4n) is 1.34. The van der Waals surface area contributed by atoms with Crippen LogP contribution in [0.2, 0.25) is 0 Å². The number of nitriles is 2. The Labute approximate surface area is 98.7 Å². The maximum Gasteiger partial charge on any atom is 0.102 e. The molecule has 1 heterocycles. The lowest BCUT2D eigenvalue weighted by Gasteiger charge is -1.98. The van der Waals surface area contributed by atoms with Gasteiger partial charge in [0.05, 0.1) is 30.8 Å². The molecule has 0 aliphatic carbocycles. The van der Waals surface area contributed by atoms with Crippen LogP contribution in [-0.4, -0.2) is 4.98 Å². The standard InChI is InChI=1S/C10H4BrN3S/c1-5-14-10-8(15-5)2-6(3-12)7(4-13)9(10)11/h2H,1H3. The molecule has 0 fully saturated rings. The first-order chi connectivity index (χ1) is 7.17. The summed E-state index contributed by atoms with van der Waals surface area (Å²) in [7, 11) is 0. The summed E-state index contributed by atoms with van der Waals surface area (Å²) in [4.78, 5) is 4.31. The van der Waals surface area contributed by atoms with Crippen molar-refractivity contribution in [3.8, 4) is 12.1 Å². The highest BCUT2D eigenvalue weighted by molar-refractivity contribution is 9.10. The van der Waals surface area contributed by atoms with Gasteiger partial charge in [0.2, 0.25) is 0 Å². The molecule has 0 amide bonds. The summed E-state index contributed by atoms with van der Waals surface area (Å²) in [5.41, 5.74) is 1.50. The van der Waals surface area contributed by atoms with Crippen molar-refractivity contribution in [2.75, 3.05) is 0 Å². The minimum atomic E-state index is 0.357. The third-order valence-corrected chi connectivity index (χ3v) is 3.65. The van der Waals surface area contributed by atoms with Crippen molar-refractivity contribution in [2.24, 2.45) is 0 Å². The molecule has 1 aromatic heterocycles. The lowest BCUT2D eigenvalue weighted by Crippen LogP contribution is -1.86. The largest absolute Gasteiger partial charge is 0.240 e. The Balaban J connectivity index is 2.96. The number of nitrogens with zero attached hydrogens (tertiary/aromatic N) is 3. The van der Waals surface area contributed by atoms with Crippen molar-refractivity contribution < 1.29 is 0 Å². The first-order valence-electron chi connectivity index (χ1n) is 4.07. The molecular weight excluding hydrogens is 274 g/mol. The molecule has 0 aliphatic heterocycles. The van der Waals surface area contributed by atoms with E-state index in [2.05, 4.69) is 20.9 Å². The average molecular weight is 278 g/mol. The van der Waals surface area contributed by atoms with Crippen LogP contribution < -0.4 is 0 Å². The minimum absolute atomic E-state index is 0.357. The van der Waals surface area contributed by atoms with Crippen LogP contribution in [0.15, 0.2) is 10.5 Å². The predicted octanol–water partition coefficient (Wildman–Crippen LogP) is 3.11. The van der Waals surface area contributed by atoms with E-state index in [0.29, 0.717) is 15.6 Å². The van der Waals surface area contributed by atoms with Crippen LogP contribution in [0.4, 0.5) is 0 Å². The molecule has 0 atom stereocenters. The number of thiazole rings is 1. The van der Waals surface area contributed by atoms with E-state index in [-0.39, 0.29) is 0 Å². The van der Waals surface area contributed by atoms with Gasteiger partial charge < -0.3 is 0 Å². The van der Waals surface area contributed by atoms with E-state index in [1.807, 2.05) is 19.1 Å². The molecule has 2 aromatic rings. The van der Waals surface area contributed by atoms with Gasteiger partial charge in [-0.3, -0.25) is 0 Å². The molecule has 0 radical (unpaired) electrons. The molecule has 1 aromatic carbocycles. The molecule has 15 heavy (non-hydrogen) atoms. The Kier molecular flexibility index (Phi) is 2.44. The van der Waals surface area contributed by atoms with Gasteiger partial charge in [0.15, 0.2) is 0 Å². The van der Waals surface area contributed by atoms with Gasteiger partial charge in [-0.15, -0.1) is 11.3 Å². The van der Waals surface area contributed by atoms with E-state index in [0.717, 1.165) is 15.2 Å². The lowest BCUT2D eigenvalue weighted by molar-refractivity contribution is 1.33. The molecule has 72 valence electrons. The molecule has 0 N–H and O–H groups in total. The SMILES string of the molecule is Cc1nc2c(Br)c(C#N)c(C#N)cc2s1. The number of aromatic nitrogens is 1. The van der Waals surface area contributed by atoms with Crippen molar-refractivity contribution in [1.82, 2.24) is 4.98 Å². The number of fused-ring (bicyclic) bond motifs is 1. The van der Waals surface area contributed by atoms with Crippen molar-refractivity contribution >= 4 is 37.5 Å². The fraction of sp³-hybridized carbons (Fsp3) is 0.100. The molecule has 0 aliphatic rings. The zero-order valence-corrected chi connectivity index (χ0v) is 10.1. The van der Waals surface area contributed by atoms with Crippen LogP contribution in [0.25, 0.3) is 10.2 Å². The summed E-state index contributed by atoms with van der Waals surface area (Å²) in [5.74, 6) is 0. The number of rotatable bonds is 0. The van der Waals surface area contributed by atoms with Gasteiger partial charge in [-0.05, 0) is 28.9 Å². The van der Waals surface area contributed by atoms with Crippen LogP contribution in [0.5, 0.6) is 0 Å². The third-order valence-electron chi connectivity index (χ3n) is 1.96. The lowest BCUT2D eigenvalue weighted by atomic mass is 10.1. The molecule has 5 heteroatoms. The average Bonchev–Trinajstić information content (AvgIpc) is 2.59. The highest BCUT2D eigenvalue weighted by Crippen LogP contribution is 2.32. The van der Waals surface area contributed by atoms with Gasteiger partial charge in [-0.25, -0.2) is 4.98 Å². The van der Waals surface area contributed by atoms with Crippen molar-refractivity contribution in [3.63, 3.8) is 0 Å². The molecule has 3 nitrogen and oxygen atoms in total. The second kappa shape index (κ2) is 3.62. The molecular formula is C10H4BrN3S. The Hall–Kier alpha value is -1.43. The molecule has 0 spiro atoms. The van der Waals surface area contributed by atoms with E-state index in [4.69, 9.17) is 10.5 Å². The number of hydrogen-bond acceptors (Lipinski definition) is 4. The van der Waals surface area contributed by atoms with Crippen LogP contribution in [0, 0.1) is 29.6 Å². The molecule has 0 saturated carbocycles. The van der Waals surface area contributed by atoms with Gasteiger partial charge in [-0.2, -0.15) is 10.5 Å².